The fraction of sp³-hybridized carbons (Fsp3) is 0.714. The quantitative estimate of drug-likeness (QED) is 0.559. The SMILES string of the molecule is C#CCNCC(=O)N1C2CCC1CC(CC(=O)O)C2. The molecule has 2 rings (SSSR count). The molecule has 0 aliphatic carbocycles. The lowest BCUT2D eigenvalue weighted by atomic mass is 9.88. The van der Waals surface area contributed by atoms with E-state index in [0.717, 1.165) is 25.7 Å². The average Bonchev–Trinajstić information content (AvgIpc) is 2.61. The second-order valence-electron chi connectivity index (χ2n) is 5.43. The minimum atomic E-state index is -0.736. The minimum Gasteiger partial charge on any atom is -0.481 e. The number of hydrogen-bond acceptors (Lipinski definition) is 3. The number of carbonyl (C=O) groups excluding carboxylic acids is 1. The van der Waals surface area contributed by atoms with Gasteiger partial charge >= 0.3 is 5.97 Å². The van der Waals surface area contributed by atoms with Crippen molar-refractivity contribution in [3.8, 4) is 12.3 Å². The standard InChI is InChI=1S/C14H20N2O3/c1-2-5-15-9-13(17)16-11-3-4-12(16)7-10(6-11)8-14(18)19/h1,10-12,15H,3-9H2,(H,18,19). The number of piperidine rings is 1. The van der Waals surface area contributed by atoms with E-state index in [-0.39, 0.29) is 36.9 Å². The first-order valence-electron chi connectivity index (χ1n) is 6.79. The molecule has 0 saturated carbocycles. The molecule has 2 bridgehead atoms. The van der Waals surface area contributed by atoms with Crippen molar-refractivity contribution in [2.45, 2.75) is 44.2 Å². The zero-order chi connectivity index (χ0) is 13.8. The molecule has 2 atom stereocenters. The van der Waals surface area contributed by atoms with Crippen LogP contribution in [-0.2, 0) is 9.59 Å². The molecule has 2 aliphatic rings. The molecule has 0 aromatic rings. The van der Waals surface area contributed by atoms with Crippen molar-refractivity contribution in [3.05, 3.63) is 0 Å². The van der Waals surface area contributed by atoms with Crippen LogP contribution in [0.3, 0.4) is 0 Å². The molecule has 2 unspecified atom stereocenters. The molecular weight excluding hydrogens is 244 g/mol. The summed E-state index contributed by atoms with van der Waals surface area (Å²) in [5, 5.41) is 11.8. The third kappa shape index (κ3) is 3.27. The summed E-state index contributed by atoms with van der Waals surface area (Å²) in [6.07, 6.45) is 9.01. The predicted molar refractivity (Wildman–Crippen MR) is 70.3 cm³/mol. The number of carboxylic acid groups (broad SMARTS) is 1. The van der Waals surface area contributed by atoms with Crippen LogP contribution in [0.2, 0.25) is 0 Å². The van der Waals surface area contributed by atoms with Gasteiger partial charge in [-0.2, -0.15) is 0 Å². The average molecular weight is 264 g/mol. The molecule has 0 aromatic carbocycles. The first-order chi connectivity index (χ1) is 9.11. The third-order valence-corrected chi connectivity index (χ3v) is 4.09. The molecule has 2 heterocycles. The zero-order valence-electron chi connectivity index (χ0n) is 11.0. The second kappa shape index (κ2) is 6.07. The summed E-state index contributed by atoms with van der Waals surface area (Å²) in [5.41, 5.74) is 0. The van der Waals surface area contributed by atoms with E-state index in [9.17, 15) is 9.59 Å². The normalized spacial score (nSPS) is 29.0. The van der Waals surface area contributed by atoms with Crippen LogP contribution in [0, 0.1) is 18.3 Å². The number of amides is 1. The van der Waals surface area contributed by atoms with Crippen LogP contribution in [0.15, 0.2) is 0 Å². The van der Waals surface area contributed by atoms with Gasteiger partial charge < -0.3 is 10.0 Å². The number of fused-ring (bicyclic) bond motifs is 2. The number of nitrogens with one attached hydrogen (secondary N) is 1. The van der Waals surface area contributed by atoms with E-state index in [2.05, 4.69) is 11.2 Å². The number of terminal acetylenes is 1. The fourth-order valence-corrected chi connectivity index (χ4v) is 3.44. The Hall–Kier alpha value is -1.54. The molecule has 5 heteroatoms. The molecule has 0 spiro atoms. The maximum atomic E-state index is 12.1. The van der Waals surface area contributed by atoms with Gasteiger partial charge in [-0.1, -0.05) is 5.92 Å². The molecule has 2 N–H and O–H groups in total. The van der Waals surface area contributed by atoms with Crippen LogP contribution >= 0.6 is 0 Å². The number of carbonyl (C=O) groups is 2. The Balaban J connectivity index is 1.90. The smallest absolute Gasteiger partial charge is 0.303 e. The number of carboxylic acids is 1. The predicted octanol–water partition coefficient (Wildman–Crippen LogP) is 0.453. The second-order valence-corrected chi connectivity index (χ2v) is 5.43. The van der Waals surface area contributed by atoms with Gasteiger partial charge in [0.05, 0.1) is 13.1 Å². The Morgan fingerprint density at radius 3 is 2.47 bits per heavy atom. The molecule has 1 amide bonds. The molecule has 2 fully saturated rings. The van der Waals surface area contributed by atoms with E-state index in [1.807, 2.05) is 4.90 Å². The number of rotatable bonds is 5. The van der Waals surface area contributed by atoms with Gasteiger partial charge in [0.15, 0.2) is 0 Å². The molecule has 2 saturated heterocycles. The van der Waals surface area contributed by atoms with Crippen molar-refractivity contribution >= 4 is 11.9 Å². The number of nitrogens with zero attached hydrogens (tertiary/aromatic N) is 1. The van der Waals surface area contributed by atoms with Gasteiger partial charge in [0.25, 0.3) is 0 Å². The maximum absolute atomic E-state index is 12.1. The summed E-state index contributed by atoms with van der Waals surface area (Å²) < 4.78 is 0. The van der Waals surface area contributed by atoms with Crippen molar-refractivity contribution in [3.63, 3.8) is 0 Å². The fourth-order valence-electron chi connectivity index (χ4n) is 3.44. The lowest BCUT2D eigenvalue weighted by Crippen LogP contribution is -2.49. The van der Waals surface area contributed by atoms with E-state index in [4.69, 9.17) is 11.5 Å². The summed E-state index contributed by atoms with van der Waals surface area (Å²) in [7, 11) is 0. The first-order valence-corrected chi connectivity index (χ1v) is 6.79. The summed E-state index contributed by atoms with van der Waals surface area (Å²) in [5.74, 6) is 2.02. The Bertz CT molecular complexity index is 388. The summed E-state index contributed by atoms with van der Waals surface area (Å²) in [6, 6.07) is 0.450. The Morgan fingerprint density at radius 1 is 1.32 bits per heavy atom. The highest BCUT2D eigenvalue weighted by Gasteiger charge is 2.43. The Kier molecular flexibility index (Phi) is 4.43. The molecule has 19 heavy (non-hydrogen) atoms. The molecule has 0 radical (unpaired) electrons. The Labute approximate surface area is 113 Å². The largest absolute Gasteiger partial charge is 0.481 e. The summed E-state index contributed by atoms with van der Waals surface area (Å²) in [4.78, 5) is 24.9. The van der Waals surface area contributed by atoms with Gasteiger partial charge in [-0.3, -0.25) is 14.9 Å². The van der Waals surface area contributed by atoms with Crippen molar-refractivity contribution < 1.29 is 14.7 Å². The van der Waals surface area contributed by atoms with E-state index in [1.54, 1.807) is 0 Å². The van der Waals surface area contributed by atoms with Gasteiger partial charge in [-0.05, 0) is 31.6 Å². The number of aliphatic carboxylic acids is 1. The maximum Gasteiger partial charge on any atom is 0.303 e. The molecule has 5 nitrogen and oxygen atoms in total. The third-order valence-electron chi connectivity index (χ3n) is 4.09. The van der Waals surface area contributed by atoms with E-state index < -0.39 is 5.97 Å². The van der Waals surface area contributed by atoms with Crippen LogP contribution in [0.1, 0.15) is 32.1 Å². The molecular formula is C14H20N2O3. The molecule has 104 valence electrons. The lowest BCUT2D eigenvalue weighted by Gasteiger charge is -2.38. The van der Waals surface area contributed by atoms with Crippen LogP contribution < -0.4 is 5.32 Å². The van der Waals surface area contributed by atoms with Crippen molar-refractivity contribution in [2.75, 3.05) is 13.1 Å². The summed E-state index contributed by atoms with van der Waals surface area (Å²) in [6.45, 7) is 0.678. The molecule has 0 aromatic heterocycles. The highest BCUT2D eigenvalue weighted by molar-refractivity contribution is 5.79. The number of hydrogen-bond donors (Lipinski definition) is 2. The van der Waals surface area contributed by atoms with E-state index in [1.165, 1.54) is 0 Å². The van der Waals surface area contributed by atoms with E-state index in [0.29, 0.717) is 6.54 Å². The van der Waals surface area contributed by atoms with Crippen molar-refractivity contribution in [1.29, 1.82) is 0 Å². The van der Waals surface area contributed by atoms with Crippen LogP contribution in [0.5, 0.6) is 0 Å². The van der Waals surface area contributed by atoms with Crippen LogP contribution in [0.4, 0.5) is 0 Å². The molecule has 2 aliphatic heterocycles. The zero-order valence-corrected chi connectivity index (χ0v) is 11.0. The van der Waals surface area contributed by atoms with Gasteiger partial charge in [0.1, 0.15) is 0 Å². The van der Waals surface area contributed by atoms with Gasteiger partial charge in [-0.25, -0.2) is 0 Å². The topological polar surface area (TPSA) is 69.6 Å². The van der Waals surface area contributed by atoms with Gasteiger partial charge in [-0.15, -0.1) is 6.42 Å². The lowest BCUT2D eigenvalue weighted by molar-refractivity contribution is -0.139. The monoisotopic (exact) mass is 264 g/mol. The van der Waals surface area contributed by atoms with Crippen molar-refractivity contribution in [1.82, 2.24) is 10.2 Å². The van der Waals surface area contributed by atoms with Gasteiger partial charge in [0, 0.05) is 18.5 Å². The van der Waals surface area contributed by atoms with Crippen LogP contribution in [0.25, 0.3) is 0 Å². The summed E-state index contributed by atoms with van der Waals surface area (Å²) >= 11 is 0. The first kappa shape index (κ1) is 13.9. The van der Waals surface area contributed by atoms with Gasteiger partial charge in [0.2, 0.25) is 5.91 Å². The highest BCUT2D eigenvalue weighted by atomic mass is 16.4. The Morgan fingerprint density at radius 2 is 1.95 bits per heavy atom. The highest BCUT2D eigenvalue weighted by Crippen LogP contribution is 2.39. The van der Waals surface area contributed by atoms with Crippen LogP contribution in [-0.4, -0.2) is 47.1 Å². The van der Waals surface area contributed by atoms with E-state index >= 15 is 0 Å². The minimum absolute atomic E-state index is 0.0940. The van der Waals surface area contributed by atoms with Crippen molar-refractivity contribution in [2.24, 2.45) is 5.92 Å².